The van der Waals surface area contributed by atoms with Crippen LogP contribution >= 0.6 is 0 Å². The lowest BCUT2D eigenvalue weighted by Gasteiger charge is -2.25. The fourth-order valence-corrected chi connectivity index (χ4v) is 2.92. The third kappa shape index (κ3) is 2.68. The molecule has 0 bridgehead atoms. The van der Waals surface area contributed by atoms with Crippen molar-refractivity contribution in [1.29, 1.82) is 0 Å². The summed E-state index contributed by atoms with van der Waals surface area (Å²) in [5.74, 6) is 0.918. The maximum absolute atomic E-state index is 12.7. The fraction of sp³-hybridized carbons (Fsp3) is 0.438. The minimum atomic E-state index is 0.00585. The number of carbonyl (C=O) groups excluding carboxylic acids is 1. The number of pyridine rings is 1. The molecular formula is C16H21N5O. The summed E-state index contributed by atoms with van der Waals surface area (Å²) in [7, 11) is 5.76. The average molecular weight is 299 g/mol. The van der Waals surface area contributed by atoms with Gasteiger partial charge in [-0.2, -0.15) is 5.10 Å². The van der Waals surface area contributed by atoms with Crippen molar-refractivity contribution in [2.45, 2.75) is 18.9 Å². The molecule has 1 saturated heterocycles. The van der Waals surface area contributed by atoms with Gasteiger partial charge in [0, 0.05) is 40.1 Å². The number of hydrogen-bond donors (Lipinski definition) is 0. The first-order chi connectivity index (χ1) is 10.6. The van der Waals surface area contributed by atoms with Crippen molar-refractivity contribution in [2.75, 3.05) is 25.5 Å². The highest BCUT2D eigenvalue weighted by molar-refractivity contribution is 5.92. The zero-order chi connectivity index (χ0) is 15.7. The number of rotatable bonds is 3. The second-order valence-electron chi connectivity index (χ2n) is 5.87. The highest BCUT2D eigenvalue weighted by Gasteiger charge is 2.31. The van der Waals surface area contributed by atoms with Crippen LogP contribution in [0.3, 0.4) is 0 Å². The van der Waals surface area contributed by atoms with E-state index in [2.05, 4.69) is 16.1 Å². The van der Waals surface area contributed by atoms with Gasteiger partial charge in [0.05, 0.1) is 6.04 Å². The SMILES string of the molecule is CN(C)c1cc([C@H]2CCCN2C(=O)c2ccn(C)n2)ccn1. The van der Waals surface area contributed by atoms with Crippen molar-refractivity contribution < 1.29 is 4.79 Å². The molecule has 1 amide bonds. The first kappa shape index (κ1) is 14.6. The fourth-order valence-electron chi connectivity index (χ4n) is 2.92. The third-order valence-corrected chi connectivity index (χ3v) is 4.06. The first-order valence-corrected chi connectivity index (χ1v) is 7.50. The Morgan fingerprint density at radius 3 is 2.86 bits per heavy atom. The van der Waals surface area contributed by atoms with Crippen molar-refractivity contribution in [3.63, 3.8) is 0 Å². The van der Waals surface area contributed by atoms with Crippen molar-refractivity contribution in [3.8, 4) is 0 Å². The molecule has 1 aliphatic rings. The molecule has 1 atom stereocenters. The summed E-state index contributed by atoms with van der Waals surface area (Å²) in [5, 5.41) is 4.23. The lowest BCUT2D eigenvalue weighted by Crippen LogP contribution is -2.31. The molecule has 0 N–H and O–H groups in total. The van der Waals surface area contributed by atoms with Crippen LogP contribution in [0.5, 0.6) is 0 Å². The van der Waals surface area contributed by atoms with Gasteiger partial charge in [-0.25, -0.2) is 4.98 Å². The average Bonchev–Trinajstić information content (AvgIpc) is 3.15. The van der Waals surface area contributed by atoms with Crippen molar-refractivity contribution in [1.82, 2.24) is 19.7 Å². The van der Waals surface area contributed by atoms with Crippen molar-refractivity contribution >= 4 is 11.7 Å². The van der Waals surface area contributed by atoms with Crippen LogP contribution in [0, 0.1) is 0 Å². The Hall–Kier alpha value is -2.37. The molecule has 6 nitrogen and oxygen atoms in total. The molecule has 0 radical (unpaired) electrons. The number of aromatic nitrogens is 3. The third-order valence-electron chi connectivity index (χ3n) is 4.06. The predicted octanol–water partition coefficient (Wildman–Crippen LogP) is 1.86. The van der Waals surface area contributed by atoms with Crippen LogP contribution in [0.2, 0.25) is 0 Å². The second-order valence-corrected chi connectivity index (χ2v) is 5.87. The summed E-state index contributed by atoms with van der Waals surface area (Å²) in [6.45, 7) is 0.777. The molecule has 2 aromatic rings. The summed E-state index contributed by atoms with van der Waals surface area (Å²) < 4.78 is 1.66. The van der Waals surface area contributed by atoms with Gasteiger partial charge >= 0.3 is 0 Å². The summed E-state index contributed by atoms with van der Waals surface area (Å²) >= 11 is 0. The Bertz CT molecular complexity index is 679. The lowest BCUT2D eigenvalue weighted by atomic mass is 10.1. The van der Waals surface area contributed by atoms with Gasteiger partial charge in [-0.15, -0.1) is 0 Å². The highest BCUT2D eigenvalue weighted by atomic mass is 16.2. The summed E-state index contributed by atoms with van der Waals surface area (Å²) in [6, 6.07) is 5.95. The molecule has 22 heavy (non-hydrogen) atoms. The zero-order valence-electron chi connectivity index (χ0n) is 13.2. The van der Waals surface area contributed by atoms with Crippen molar-refractivity contribution in [2.24, 2.45) is 7.05 Å². The number of aryl methyl sites for hydroxylation is 1. The largest absolute Gasteiger partial charge is 0.363 e. The highest BCUT2D eigenvalue weighted by Crippen LogP contribution is 2.33. The molecule has 6 heteroatoms. The van der Waals surface area contributed by atoms with E-state index in [1.165, 1.54) is 0 Å². The monoisotopic (exact) mass is 299 g/mol. The number of nitrogens with zero attached hydrogens (tertiary/aromatic N) is 5. The molecule has 116 valence electrons. The van der Waals surface area contributed by atoms with Crippen LogP contribution in [0.1, 0.15) is 34.9 Å². The van der Waals surface area contributed by atoms with E-state index in [9.17, 15) is 4.79 Å². The van der Waals surface area contributed by atoms with Crippen LogP contribution in [-0.2, 0) is 7.05 Å². The van der Waals surface area contributed by atoms with Gasteiger partial charge in [0.15, 0.2) is 0 Å². The molecule has 3 heterocycles. The van der Waals surface area contributed by atoms with E-state index in [-0.39, 0.29) is 11.9 Å². The number of hydrogen-bond acceptors (Lipinski definition) is 4. The topological polar surface area (TPSA) is 54.3 Å². The minimum Gasteiger partial charge on any atom is -0.363 e. The Labute approximate surface area is 130 Å². The van der Waals surface area contributed by atoms with E-state index < -0.39 is 0 Å². The van der Waals surface area contributed by atoms with Gasteiger partial charge in [0.2, 0.25) is 0 Å². The van der Waals surface area contributed by atoms with Crippen molar-refractivity contribution in [3.05, 3.63) is 41.9 Å². The predicted molar refractivity (Wildman–Crippen MR) is 84.8 cm³/mol. The van der Waals surface area contributed by atoms with E-state index >= 15 is 0 Å². The Kier molecular flexibility index (Phi) is 3.83. The van der Waals surface area contributed by atoms with E-state index in [1.807, 2.05) is 43.2 Å². The molecule has 0 saturated carbocycles. The van der Waals surface area contributed by atoms with Gasteiger partial charge in [-0.1, -0.05) is 0 Å². The molecule has 0 unspecified atom stereocenters. The van der Waals surface area contributed by atoms with Gasteiger partial charge in [0.25, 0.3) is 5.91 Å². The Morgan fingerprint density at radius 2 is 2.18 bits per heavy atom. The normalized spacial score (nSPS) is 17.8. The van der Waals surface area contributed by atoms with E-state index in [0.29, 0.717) is 5.69 Å². The standard InChI is InChI=1S/C16H21N5O/c1-19(2)15-11-12(6-8-17-15)14-5-4-9-21(14)16(22)13-7-10-20(3)18-13/h6-8,10-11,14H,4-5,9H2,1-3H3/t14-/m1/s1. The maximum Gasteiger partial charge on any atom is 0.274 e. The summed E-state index contributed by atoms with van der Waals surface area (Å²) in [4.78, 5) is 20.9. The van der Waals surface area contributed by atoms with Gasteiger partial charge in [-0.05, 0) is 36.6 Å². The van der Waals surface area contributed by atoms with Gasteiger partial charge in [-0.3, -0.25) is 9.48 Å². The quantitative estimate of drug-likeness (QED) is 0.868. The molecule has 3 rings (SSSR count). The number of amides is 1. The Balaban J connectivity index is 1.87. The van der Waals surface area contributed by atoms with Gasteiger partial charge in [0.1, 0.15) is 11.5 Å². The molecule has 0 aliphatic carbocycles. The molecule has 0 spiro atoms. The van der Waals surface area contributed by atoms with Gasteiger partial charge < -0.3 is 9.80 Å². The van der Waals surface area contributed by atoms with Crippen LogP contribution in [0.4, 0.5) is 5.82 Å². The lowest BCUT2D eigenvalue weighted by molar-refractivity contribution is 0.0729. The molecular weight excluding hydrogens is 278 g/mol. The smallest absolute Gasteiger partial charge is 0.274 e. The van der Waals surface area contributed by atoms with Crippen LogP contribution < -0.4 is 4.90 Å². The molecule has 1 fully saturated rings. The molecule has 1 aliphatic heterocycles. The summed E-state index contributed by atoms with van der Waals surface area (Å²) in [5.41, 5.74) is 1.65. The zero-order valence-corrected chi connectivity index (χ0v) is 13.2. The van der Waals surface area contributed by atoms with Crippen LogP contribution in [0.15, 0.2) is 30.6 Å². The molecule has 2 aromatic heterocycles. The number of anilines is 1. The van der Waals surface area contributed by atoms with E-state index in [1.54, 1.807) is 16.9 Å². The number of likely N-dealkylation sites (tertiary alicyclic amines) is 1. The minimum absolute atomic E-state index is 0.00585. The second kappa shape index (κ2) is 5.79. The maximum atomic E-state index is 12.7. The first-order valence-electron chi connectivity index (χ1n) is 7.50. The van der Waals surface area contributed by atoms with Crippen LogP contribution in [0.25, 0.3) is 0 Å². The van der Waals surface area contributed by atoms with E-state index in [4.69, 9.17) is 0 Å². The molecule has 0 aromatic carbocycles. The Morgan fingerprint density at radius 1 is 1.36 bits per heavy atom. The summed E-state index contributed by atoms with van der Waals surface area (Å²) in [6.07, 6.45) is 5.61. The van der Waals surface area contributed by atoms with Crippen LogP contribution in [-0.4, -0.2) is 46.2 Å². The number of carbonyl (C=O) groups is 1. The van der Waals surface area contributed by atoms with E-state index in [0.717, 1.165) is 30.8 Å².